The standard InChI is InChI=1S/C16H28N2O2/c1-4-16(2,3)12-6-5-11(8-17)13(7-12)18-9-14(19)15(20)10-18/h11-15,19-20H,4-7,9-10H2,1-3H3. The van der Waals surface area contributed by atoms with Gasteiger partial charge >= 0.3 is 0 Å². The van der Waals surface area contributed by atoms with Gasteiger partial charge in [-0.15, -0.1) is 0 Å². The summed E-state index contributed by atoms with van der Waals surface area (Å²) in [5.41, 5.74) is 0.301. The highest BCUT2D eigenvalue weighted by atomic mass is 16.3. The molecule has 2 fully saturated rings. The number of aliphatic hydroxyl groups excluding tert-OH is 2. The van der Waals surface area contributed by atoms with E-state index in [1.165, 1.54) is 0 Å². The fraction of sp³-hybridized carbons (Fsp3) is 0.938. The zero-order valence-electron chi connectivity index (χ0n) is 12.9. The second-order valence-corrected chi connectivity index (χ2v) is 7.24. The number of nitrogens with zero attached hydrogens (tertiary/aromatic N) is 2. The van der Waals surface area contributed by atoms with E-state index in [1.54, 1.807) is 0 Å². The van der Waals surface area contributed by atoms with Gasteiger partial charge < -0.3 is 10.2 Å². The maximum Gasteiger partial charge on any atom is 0.0938 e. The molecule has 0 amide bonds. The van der Waals surface area contributed by atoms with Gasteiger partial charge in [0.2, 0.25) is 0 Å². The monoisotopic (exact) mass is 280 g/mol. The van der Waals surface area contributed by atoms with Crippen LogP contribution in [0.1, 0.15) is 46.5 Å². The summed E-state index contributed by atoms with van der Waals surface area (Å²) in [6.45, 7) is 7.87. The number of aliphatic hydroxyl groups is 2. The van der Waals surface area contributed by atoms with Crippen LogP contribution in [0.15, 0.2) is 0 Å². The van der Waals surface area contributed by atoms with Gasteiger partial charge in [-0.05, 0) is 30.6 Å². The van der Waals surface area contributed by atoms with Gasteiger partial charge in [-0.1, -0.05) is 27.2 Å². The lowest BCUT2D eigenvalue weighted by molar-refractivity contribution is 0.0561. The molecule has 2 aliphatic rings. The quantitative estimate of drug-likeness (QED) is 0.827. The highest BCUT2D eigenvalue weighted by Gasteiger charge is 2.43. The molecule has 0 bridgehead atoms. The zero-order valence-corrected chi connectivity index (χ0v) is 12.9. The van der Waals surface area contributed by atoms with E-state index in [0.29, 0.717) is 24.4 Å². The van der Waals surface area contributed by atoms with Crippen molar-refractivity contribution in [2.24, 2.45) is 17.3 Å². The summed E-state index contributed by atoms with van der Waals surface area (Å²) in [6.07, 6.45) is 2.90. The number of likely N-dealkylation sites (tertiary alicyclic amines) is 1. The van der Waals surface area contributed by atoms with Gasteiger partial charge in [0.25, 0.3) is 0 Å². The predicted molar refractivity (Wildman–Crippen MR) is 77.9 cm³/mol. The van der Waals surface area contributed by atoms with E-state index in [4.69, 9.17) is 0 Å². The van der Waals surface area contributed by atoms with E-state index in [1.807, 2.05) is 0 Å². The third-order valence-electron chi connectivity index (χ3n) is 5.76. The van der Waals surface area contributed by atoms with E-state index in [-0.39, 0.29) is 12.0 Å². The molecule has 114 valence electrons. The molecule has 4 heteroatoms. The molecule has 1 aliphatic carbocycles. The van der Waals surface area contributed by atoms with Crippen LogP contribution in [0.3, 0.4) is 0 Å². The van der Waals surface area contributed by atoms with Gasteiger partial charge in [0.15, 0.2) is 0 Å². The fourth-order valence-electron chi connectivity index (χ4n) is 3.77. The Kier molecular flexibility index (Phi) is 4.73. The van der Waals surface area contributed by atoms with E-state index in [2.05, 4.69) is 31.7 Å². The predicted octanol–water partition coefficient (Wildman–Crippen LogP) is 1.77. The third-order valence-corrected chi connectivity index (χ3v) is 5.76. The van der Waals surface area contributed by atoms with Gasteiger partial charge in [-0.2, -0.15) is 5.26 Å². The van der Waals surface area contributed by atoms with Crippen LogP contribution in [0.5, 0.6) is 0 Å². The first-order valence-corrected chi connectivity index (χ1v) is 7.88. The number of hydrogen-bond donors (Lipinski definition) is 2. The molecule has 2 N–H and O–H groups in total. The Hall–Kier alpha value is -0.630. The molecule has 2 rings (SSSR count). The van der Waals surface area contributed by atoms with Crippen LogP contribution < -0.4 is 0 Å². The van der Waals surface area contributed by atoms with Crippen LogP contribution in [0.25, 0.3) is 0 Å². The van der Waals surface area contributed by atoms with Gasteiger partial charge in [0.1, 0.15) is 0 Å². The molecule has 0 radical (unpaired) electrons. The van der Waals surface area contributed by atoms with Crippen LogP contribution >= 0.6 is 0 Å². The van der Waals surface area contributed by atoms with Crippen LogP contribution in [-0.4, -0.2) is 46.5 Å². The summed E-state index contributed by atoms with van der Waals surface area (Å²) in [4.78, 5) is 2.14. The number of β-amino-alcohol motifs (C(OH)–C–C–N with tert-alkyl or cyclic N) is 2. The normalized spacial score (nSPS) is 39.7. The highest BCUT2D eigenvalue weighted by molar-refractivity contribution is 5.02. The molecule has 5 atom stereocenters. The molecule has 4 nitrogen and oxygen atoms in total. The lowest BCUT2D eigenvalue weighted by Gasteiger charge is -2.44. The molecule has 20 heavy (non-hydrogen) atoms. The lowest BCUT2D eigenvalue weighted by Crippen LogP contribution is -2.46. The Morgan fingerprint density at radius 2 is 1.80 bits per heavy atom. The summed E-state index contributed by atoms with van der Waals surface area (Å²) in [5, 5.41) is 28.9. The van der Waals surface area contributed by atoms with Crippen LogP contribution in [0.2, 0.25) is 0 Å². The fourth-order valence-corrected chi connectivity index (χ4v) is 3.77. The molecule has 0 aromatic heterocycles. The molecule has 1 heterocycles. The van der Waals surface area contributed by atoms with Crippen molar-refractivity contribution in [1.82, 2.24) is 4.90 Å². The Bertz CT molecular complexity index is 367. The van der Waals surface area contributed by atoms with E-state index < -0.39 is 12.2 Å². The van der Waals surface area contributed by atoms with Crippen molar-refractivity contribution in [3.63, 3.8) is 0 Å². The third kappa shape index (κ3) is 3.00. The van der Waals surface area contributed by atoms with Gasteiger partial charge in [0.05, 0.1) is 24.2 Å². The van der Waals surface area contributed by atoms with Crippen molar-refractivity contribution < 1.29 is 10.2 Å². The highest BCUT2D eigenvalue weighted by Crippen LogP contribution is 2.44. The summed E-state index contributed by atoms with van der Waals surface area (Å²) in [6, 6.07) is 2.64. The van der Waals surface area contributed by atoms with Crippen LogP contribution in [-0.2, 0) is 0 Å². The number of rotatable bonds is 3. The minimum Gasteiger partial charge on any atom is -0.389 e. The zero-order chi connectivity index (χ0) is 14.9. The topological polar surface area (TPSA) is 67.5 Å². The second-order valence-electron chi connectivity index (χ2n) is 7.24. The van der Waals surface area contributed by atoms with Crippen molar-refractivity contribution in [3.8, 4) is 6.07 Å². The Balaban J connectivity index is 2.10. The average molecular weight is 280 g/mol. The van der Waals surface area contributed by atoms with Gasteiger partial charge in [-0.3, -0.25) is 4.90 Å². The maximum atomic E-state index is 9.76. The smallest absolute Gasteiger partial charge is 0.0938 e. The summed E-state index contributed by atoms with van der Waals surface area (Å²) in [7, 11) is 0. The molecule has 1 saturated carbocycles. The van der Waals surface area contributed by atoms with E-state index >= 15 is 0 Å². The van der Waals surface area contributed by atoms with Crippen molar-refractivity contribution in [2.45, 2.75) is 64.7 Å². The first kappa shape index (κ1) is 15.8. The largest absolute Gasteiger partial charge is 0.389 e. The SMILES string of the molecule is CCC(C)(C)C1CCC(C#N)C(N2CC(O)C(O)C2)C1. The Morgan fingerprint density at radius 3 is 2.30 bits per heavy atom. The summed E-state index contributed by atoms with van der Waals surface area (Å²) < 4.78 is 0. The molecule has 1 saturated heterocycles. The minimum absolute atomic E-state index is 0.0383. The summed E-state index contributed by atoms with van der Waals surface area (Å²) in [5.74, 6) is 0.661. The Labute approximate surface area is 122 Å². The molecule has 1 aliphatic heterocycles. The summed E-state index contributed by atoms with van der Waals surface area (Å²) >= 11 is 0. The van der Waals surface area contributed by atoms with Gasteiger partial charge in [0, 0.05) is 19.1 Å². The number of nitriles is 1. The van der Waals surface area contributed by atoms with Crippen molar-refractivity contribution >= 4 is 0 Å². The first-order chi connectivity index (χ1) is 9.39. The molecular formula is C16H28N2O2. The van der Waals surface area contributed by atoms with Crippen molar-refractivity contribution in [2.75, 3.05) is 13.1 Å². The van der Waals surface area contributed by atoms with Crippen molar-refractivity contribution in [3.05, 3.63) is 0 Å². The van der Waals surface area contributed by atoms with E-state index in [0.717, 1.165) is 25.7 Å². The Morgan fingerprint density at radius 1 is 1.20 bits per heavy atom. The molecule has 0 spiro atoms. The molecule has 0 aromatic carbocycles. The van der Waals surface area contributed by atoms with Crippen molar-refractivity contribution in [1.29, 1.82) is 5.26 Å². The van der Waals surface area contributed by atoms with Crippen LogP contribution in [0.4, 0.5) is 0 Å². The first-order valence-electron chi connectivity index (χ1n) is 7.88. The average Bonchev–Trinajstić information content (AvgIpc) is 2.77. The molecular weight excluding hydrogens is 252 g/mol. The second kappa shape index (κ2) is 6.01. The molecule has 0 aromatic rings. The van der Waals surface area contributed by atoms with E-state index in [9.17, 15) is 15.5 Å². The minimum atomic E-state index is -0.658. The van der Waals surface area contributed by atoms with Gasteiger partial charge in [-0.25, -0.2) is 0 Å². The van der Waals surface area contributed by atoms with Crippen LogP contribution in [0, 0.1) is 28.6 Å². The maximum absolute atomic E-state index is 9.76. The lowest BCUT2D eigenvalue weighted by atomic mass is 9.66. The number of hydrogen-bond acceptors (Lipinski definition) is 4. The molecule has 5 unspecified atom stereocenters.